The Labute approximate surface area is 147 Å². The first-order valence-electron chi connectivity index (χ1n) is 7.80. The molecule has 1 aromatic heterocycles. The summed E-state index contributed by atoms with van der Waals surface area (Å²) in [5.41, 5.74) is 0.279. The molecule has 4 amide bonds. The molecule has 0 aromatic carbocycles. The van der Waals surface area contributed by atoms with Gasteiger partial charge in [-0.05, 0) is 33.8 Å². The zero-order valence-electron chi connectivity index (χ0n) is 14.7. The van der Waals surface area contributed by atoms with E-state index in [4.69, 9.17) is 0 Å². The molecule has 26 heavy (non-hydrogen) atoms. The van der Waals surface area contributed by atoms with Gasteiger partial charge in [0.1, 0.15) is 6.54 Å². The van der Waals surface area contributed by atoms with Crippen molar-refractivity contribution in [3.63, 3.8) is 0 Å². The Balaban J connectivity index is 2.26. The minimum Gasteiger partial charge on any atom is -0.339 e. The van der Waals surface area contributed by atoms with E-state index in [9.17, 15) is 32.3 Å². The van der Waals surface area contributed by atoms with Gasteiger partial charge in [-0.1, -0.05) is 0 Å². The number of imide groups is 2. The first-order valence-corrected chi connectivity index (χ1v) is 7.80. The first kappa shape index (κ1) is 19.7. The van der Waals surface area contributed by atoms with E-state index in [1.165, 1.54) is 19.9 Å². The molecule has 10 heteroatoms. The van der Waals surface area contributed by atoms with Gasteiger partial charge in [0.05, 0.1) is 6.54 Å². The number of aryl methyl sites for hydroxylation is 1. The zero-order chi connectivity index (χ0) is 20.0. The molecule has 7 nitrogen and oxygen atoms in total. The highest BCUT2D eigenvalue weighted by Crippen LogP contribution is 2.24. The summed E-state index contributed by atoms with van der Waals surface area (Å²) in [7, 11) is 0. The van der Waals surface area contributed by atoms with Crippen LogP contribution in [0.15, 0.2) is 6.07 Å². The fraction of sp³-hybridized carbons (Fsp3) is 0.500. The number of rotatable bonds is 5. The molecule has 1 fully saturated rings. The van der Waals surface area contributed by atoms with Crippen molar-refractivity contribution < 1.29 is 32.3 Å². The van der Waals surface area contributed by atoms with Crippen molar-refractivity contribution >= 4 is 23.6 Å². The third-order valence-corrected chi connectivity index (χ3v) is 4.11. The predicted octanol–water partition coefficient (Wildman–Crippen LogP) is 2.05. The van der Waals surface area contributed by atoms with Gasteiger partial charge in [0, 0.05) is 23.0 Å². The highest BCUT2D eigenvalue weighted by Gasteiger charge is 2.46. The molecule has 0 N–H and O–H groups in total. The molecule has 2 rings (SSSR count). The van der Waals surface area contributed by atoms with E-state index in [1.807, 2.05) is 0 Å². The van der Waals surface area contributed by atoms with Gasteiger partial charge in [-0.15, -0.1) is 0 Å². The van der Waals surface area contributed by atoms with Crippen molar-refractivity contribution in [1.82, 2.24) is 14.4 Å². The number of hydrogen-bond donors (Lipinski definition) is 0. The second-order valence-corrected chi connectivity index (χ2v) is 6.35. The molecule has 0 radical (unpaired) electrons. The molecular formula is C16H18F3N3O4. The summed E-state index contributed by atoms with van der Waals surface area (Å²) in [6, 6.07) is -0.195. The summed E-state index contributed by atoms with van der Waals surface area (Å²) in [6.45, 7) is 3.90. The Kier molecular flexibility index (Phi) is 4.98. The number of aromatic nitrogens is 1. The molecule has 0 unspecified atom stereocenters. The first-order chi connectivity index (χ1) is 11.8. The number of carbonyl (C=O) groups excluding carboxylic acids is 4. The molecule has 1 saturated heterocycles. The number of nitrogens with zero attached hydrogens (tertiary/aromatic N) is 3. The number of carbonyl (C=O) groups is 4. The fourth-order valence-corrected chi connectivity index (χ4v) is 2.85. The van der Waals surface area contributed by atoms with E-state index < -0.39 is 48.9 Å². The van der Waals surface area contributed by atoms with Crippen LogP contribution < -0.4 is 0 Å². The molecule has 0 saturated carbocycles. The summed E-state index contributed by atoms with van der Waals surface area (Å²) >= 11 is 0. The summed E-state index contributed by atoms with van der Waals surface area (Å²) in [5.74, 6) is -2.87. The highest BCUT2D eigenvalue weighted by atomic mass is 19.4. The minimum atomic E-state index is -4.46. The molecule has 142 valence electrons. The topological polar surface area (TPSA) is 79.7 Å². The third kappa shape index (κ3) is 3.49. The number of halogens is 3. The molecule has 2 heterocycles. The standard InChI is InChI=1S/C16H18F3N3O4/c1-8(2)22-14(25)13(24)20(15(22)26)6-12(23)11-5-9(3)21(10(11)4)7-16(17,18)19/h5,8H,6-7H2,1-4H3. The van der Waals surface area contributed by atoms with Gasteiger partial charge in [0.2, 0.25) is 0 Å². The normalized spacial score (nSPS) is 15.6. The van der Waals surface area contributed by atoms with Gasteiger partial charge in [0.15, 0.2) is 5.78 Å². The van der Waals surface area contributed by atoms with Crippen LogP contribution in [0.3, 0.4) is 0 Å². The van der Waals surface area contributed by atoms with Crippen molar-refractivity contribution in [2.75, 3.05) is 6.54 Å². The number of ketones is 1. The van der Waals surface area contributed by atoms with Crippen LogP contribution in [0, 0.1) is 13.8 Å². The lowest BCUT2D eigenvalue weighted by molar-refractivity contribution is -0.143. The highest BCUT2D eigenvalue weighted by molar-refractivity contribution is 6.45. The van der Waals surface area contributed by atoms with Crippen LogP contribution in [-0.4, -0.2) is 56.8 Å². The maximum absolute atomic E-state index is 12.7. The van der Waals surface area contributed by atoms with E-state index in [-0.39, 0.29) is 17.0 Å². The van der Waals surface area contributed by atoms with E-state index >= 15 is 0 Å². The van der Waals surface area contributed by atoms with E-state index in [2.05, 4.69) is 0 Å². The predicted molar refractivity (Wildman–Crippen MR) is 83.4 cm³/mol. The van der Waals surface area contributed by atoms with Crippen molar-refractivity contribution in [2.24, 2.45) is 0 Å². The van der Waals surface area contributed by atoms with Crippen molar-refractivity contribution in [1.29, 1.82) is 0 Å². The molecule has 1 aliphatic heterocycles. The van der Waals surface area contributed by atoms with Crippen molar-refractivity contribution in [3.8, 4) is 0 Å². The monoisotopic (exact) mass is 373 g/mol. The van der Waals surface area contributed by atoms with Gasteiger partial charge in [-0.3, -0.25) is 19.3 Å². The minimum absolute atomic E-state index is 0.0252. The van der Waals surface area contributed by atoms with E-state index in [0.29, 0.717) is 4.90 Å². The van der Waals surface area contributed by atoms with E-state index in [0.717, 1.165) is 9.47 Å². The summed E-state index contributed by atoms with van der Waals surface area (Å²) in [4.78, 5) is 49.7. The molecule has 0 bridgehead atoms. The Morgan fingerprint density at radius 3 is 2.15 bits per heavy atom. The van der Waals surface area contributed by atoms with Gasteiger partial charge < -0.3 is 4.57 Å². The lowest BCUT2D eigenvalue weighted by Gasteiger charge is -2.18. The SMILES string of the molecule is Cc1cc(C(=O)CN2C(=O)C(=O)N(C(C)C)C2=O)c(C)n1CC(F)(F)F. The largest absolute Gasteiger partial charge is 0.406 e. The zero-order valence-corrected chi connectivity index (χ0v) is 14.7. The van der Waals surface area contributed by atoms with Crippen LogP contribution in [0.2, 0.25) is 0 Å². The number of hydrogen-bond acceptors (Lipinski definition) is 4. The Hall–Kier alpha value is -2.65. The molecule has 1 aliphatic rings. The van der Waals surface area contributed by atoms with Crippen LogP contribution in [0.5, 0.6) is 0 Å². The van der Waals surface area contributed by atoms with Crippen LogP contribution in [-0.2, 0) is 16.1 Å². The maximum atomic E-state index is 12.7. The second-order valence-electron chi connectivity index (χ2n) is 6.35. The lowest BCUT2D eigenvalue weighted by atomic mass is 10.1. The molecule has 1 aromatic rings. The summed E-state index contributed by atoms with van der Waals surface area (Å²) in [6.07, 6.45) is -4.46. The Morgan fingerprint density at radius 2 is 1.69 bits per heavy atom. The lowest BCUT2D eigenvalue weighted by Crippen LogP contribution is -2.39. The van der Waals surface area contributed by atoms with Gasteiger partial charge in [-0.25, -0.2) is 9.69 Å². The average molecular weight is 373 g/mol. The van der Waals surface area contributed by atoms with Crippen molar-refractivity contribution in [2.45, 2.75) is 46.5 Å². The average Bonchev–Trinajstić information content (AvgIpc) is 2.88. The maximum Gasteiger partial charge on any atom is 0.406 e. The van der Waals surface area contributed by atoms with Crippen LogP contribution in [0.4, 0.5) is 18.0 Å². The number of alkyl halides is 3. The molecular weight excluding hydrogens is 355 g/mol. The number of amides is 4. The number of Topliss-reactive ketones (excluding diaryl/α,β-unsaturated/α-hetero) is 1. The van der Waals surface area contributed by atoms with Gasteiger partial charge in [0.25, 0.3) is 0 Å². The Bertz CT molecular complexity index is 795. The van der Waals surface area contributed by atoms with Gasteiger partial charge in [-0.2, -0.15) is 13.2 Å². The van der Waals surface area contributed by atoms with Crippen LogP contribution >= 0.6 is 0 Å². The van der Waals surface area contributed by atoms with Crippen LogP contribution in [0.1, 0.15) is 35.6 Å². The van der Waals surface area contributed by atoms with E-state index in [1.54, 1.807) is 13.8 Å². The molecule has 0 atom stereocenters. The summed E-state index contributed by atoms with van der Waals surface area (Å²) < 4.78 is 38.9. The smallest absolute Gasteiger partial charge is 0.339 e. The third-order valence-electron chi connectivity index (χ3n) is 4.11. The fourth-order valence-electron chi connectivity index (χ4n) is 2.85. The van der Waals surface area contributed by atoms with Gasteiger partial charge >= 0.3 is 24.0 Å². The van der Waals surface area contributed by atoms with Crippen molar-refractivity contribution in [3.05, 3.63) is 23.0 Å². The Morgan fingerprint density at radius 1 is 1.12 bits per heavy atom. The number of urea groups is 1. The second kappa shape index (κ2) is 6.58. The molecule has 0 aliphatic carbocycles. The molecule has 0 spiro atoms. The summed E-state index contributed by atoms with van der Waals surface area (Å²) in [5, 5.41) is 0. The quantitative estimate of drug-likeness (QED) is 0.450. The van der Waals surface area contributed by atoms with Crippen LogP contribution in [0.25, 0.3) is 0 Å².